The van der Waals surface area contributed by atoms with Gasteiger partial charge in [0, 0.05) is 20.6 Å². The van der Waals surface area contributed by atoms with Crippen molar-refractivity contribution in [3.63, 3.8) is 0 Å². The lowest BCUT2D eigenvalue weighted by Gasteiger charge is -2.32. The van der Waals surface area contributed by atoms with Crippen LogP contribution in [0.4, 0.5) is 0 Å². The molecule has 1 unspecified atom stereocenters. The number of fused-ring (bicyclic) bond motifs is 10. The first kappa shape index (κ1) is 19.3. The van der Waals surface area contributed by atoms with Crippen molar-refractivity contribution in [2.24, 2.45) is 0 Å². The quantitative estimate of drug-likeness (QED) is 0.209. The zero-order chi connectivity index (χ0) is 22.2. The highest BCUT2D eigenvalue weighted by Crippen LogP contribution is 2.65. The normalized spacial score (nSPS) is 16.9. The molecule has 0 radical (unpaired) electrons. The van der Waals surface area contributed by atoms with E-state index in [-0.39, 0.29) is 0 Å². The molecule has 0 aromatic heterocycles. The monoisotopic (exact) mass is 504 g/mol. The van der Waals surface area contributed by atoms with Crippen LogP contribution in [-0.2, 0) is 5.41 Å². The highest BCUT2D eigenvalue weighted by atomic mass is 79.9. The van der Waals surface area contributed by atoms with Crippen LogP contribution in [0.2, 0.25) is 5.02 Å². The summed E-state index contributed by atoms with van der Waals surface area (Å²) in [4.78, 5) is 0. The van der Waals surface area contributed by atoms with Crippen LogP contribution in [0, 0.1) is 0 Å². The van der Waals surface area contributed by atoms with Crippen molar-refractivity contribution in [1.82, 2.24) is 0 Å². The Kier molecular flexibility index (Phi) is 4.07. The van der Waals surface area contributed by atoms with Gasteiger partial charge in [0.25, 0.3) is 0 Å². The minimum absolute atomic E-state index is 0.391. The van der Waals surface area contributed by atoms with Gasteiger partial charge >= 0.3 is 0 Å². The van der Waals surface area contributed by atoms with Crippen molar-refractivity contribution in [2.75, 3.05) is 0 Å². The van der Waals surface area contributed by atoms with E-state index in [0.717, 1.165) is 15.1 Å². The fourth-order valence-corrected chi connectivity index (χ4v) is 6.92. The van der Waals surface area contributed by atoms with Crippen molar-refractivity contribution < 1.29 is 0 Å². The lowest BCUT2D eigenvalue weighted by atomic mass is 9.68. The highest BCUT2D eigenvalue weighted by Gasteiger charge is 2.53. The van der Waals surface area contributed by atoms with Gasteiger partial charge in [-0.1, -0.05) is 125 Å². The van der Waals surface area contributed by atoms with Crippen LogP contribution < -0.4 is 0 Å². The second-order valence-corrected chi connectivity index (χ2v) is 9.97. The Hall–Kier alpha value is -3.13. The van der Waals surface area contributed by atoms with E-state index in [2.05, 4.69) is 113 Å². The van der Waals surface area contributed by atoms with Gasteiger partial charge in [0.2, 0.25) is 0 Å². The summed E-state index contributed by atoms with van der Waals surface area (Å²) in [6.07, 6.45) is 0. The maximum Gasteiger partial charge on any atom is 0.0731 e. The van der Waals surface area contributed by atoms with Crippen LogP contribution >= 0.6 is 27.5 Å². The number of rotatable bonds is 1. The van der Waals surface area contributed by atoms with Gasteiger partial charge in [0.05, 0.1) is 5.41 Å². The van der Waals surface area contributed by atoms with E-state index >= 15 is 0 Å². The summed E-state index contributed by atoms with van der Waals surface area (Å²) in [5.41, 5.74) is 12.3. The Morgan fingerprint density at radius 1 is 0.485 bits per heavy atom. The Morgan fingerprint density at radius 3 is 1.76 bits per heavy atom. The van der Waals surface area contributed by atoms with E-state index < -0.39 is 5.41 Å². The molecule has 0 amide bonds. The zero-order valence-electron chi connectivity index (χ0n) is 17.6. The summed E-state index contributed by atoms with van der Waals surface area (Å²) < 4.78 is 1.13. The van der Waals surface area contributed by atoms with Gasteiger partial charge in [0.15, 0.2) is 0 Å². The molecule has 0 nitrogen and oxygen atoms in total. The van der Waals surface area contributed by atoms with Crippen LogP contribution in [-0.4, -0.2) is 0 Å². The van der Waals surface area contributed by atoms with Gasteiger partial charge in [-0.2, -0.15) is 0 Å². The van der Waals surface area contributed by atoms with Crippen LogP contribution in [0.15, 0.2) is 114 Å². The number of benzene rings is 5. The van der Waals surface area contributed by atoms with E-state index in [1.807, 2.05) is 12.1 Å². The third-order valence-electron chi connectivity index (χ3n) is 7.24. The molecule has 5 aromatic carbocycles. The third-order valence-corrected chi connectivity index (χ3v) is 8.23. The highest BCUT2D eigenvalue weighted by molar-refractivity contribution is 9.10. The number of halogens is 2. The standard InChI is InChI=1S/C31H18BrCl/c32-27-17-8-16-26-29(27)23-11-2-5-15-25(23)31(26)24-14-4-1-9-19(24)21-12-7-13-22(30(21)31)20-10-3-6-18-28(20)33/h1-18H. The molecule has 2 aliphatic rings. The molecule has 2 heteroatoms. The van der Waals surface area contributed by atoms with Crippen molar-refractivity contribution in [3.05, 3.63) is 141 Å². The second kappa shape index (κ2) is 6.93. The van der Waals surface area contributed by atoms with Gasteiger partial charge in [0.1, 0.15) is 0 Å². The first-order valence-corrected chi connectivity index (χ1v) is 12.3. The molecule has 0 aliphatic heterocycles. The Labute approximate surface area is 206 Å². The summed E-state index contributed by atoms with van der Waals surface area (Å²) in [5, 5.41) is 0.776. The van der Waals surface area contributed by atoms with Crippen LogP contribution in [0.1, 0.15) is 22.3 Å². The Morgan fingerprint density at radius 2 is 1.00 bits per heavy atom. The fraction of sp³-hybridized carbons (Fsp3) is 0.0323. The van der Waals surface area contributed by atoms with Crippen molar-refractivity contribution in [3.8, 4) is 33.4 Å². The lowest BCUT2D eigenvalue weighted by Crippen LogP contribution is -2.26. The predicted molar refractivity (Wildman–Crippen MR) is 141 cm³/mol. The molecule has 0 saturated heterocycles. The number of hydrogen-bond acceptors (Lipinski definition) is 0. The predicted octanol–water partition coefficient (Wildman–Crippen LogP) is 9.11. The van der Waals surface area contributed by atoms with Gasteiger partial charge in [-0.05, 0) is 56.6 Å². The lowest BCUT2D eigenvalue weighted by molar-refractivity contribution is 0.795. The topological polar surface area (TPSA) is 0 Å². The Bertz CT molecular complexity index is 1600. The molecule has 0 heterocycles. The molecule has 156 valence electrons. The fourth-order valence-electron chi connectivity index (χ4n) is 6.11. The molecule has 7 rings (SSSR count). The van der Waals surface area contributed by atoms with E-state index in [4.69, 9.17) is 11.6 Å². The summed E-state index contributed by atoms with van der Waals surface area (Å²) in [5.74, 6) is 0. The molecule has 2 aliphatic carbocycles. The summed E-state index contributed by atoms with van der Waals surface area (Å²) in [6.45, 7) is 0. The summed E-state index contributed by atoms with van der Waals surface area (Å²) >= 11 is 10.7. The van der Waals surface area contributed by atoms with Crippen LogP contribution in [0.25, 0.3) is 33.4 Å². The molecule has 0 fully saturated rings. The number of hydrogen-bond donors (Lipinski definition) is 0. The average molecular weight is 506 g/mol. The maximum absolute atomic E-state index is 6.79. The molecule has 5 aromatic rings. The molecule has 0 saturated carbocycles. The van der Waals surface area contributed by atoms with Crippen LogP contribution in [0.5, 0.6) is 0 Å². The first-order chi connectivity index (χ1) is 16.2. The van der Waals surface area contributed by atoms with Crippen molar-refractivity contribution in [1.29, 1.82) is 0 Å². The average Bonchev–Trinajstić information content (AvgIpc) is 3.33. The first-order valence-electron chi connectivity index (χ1n) is 11.1. The molecule has 1 atom stereocenters. The van der Waals surface area contributed by atoms with E-state index in [1.165, 1.54) is 50.1 Å². The minimum atomic E-state index is -0.391. The molecule has 33 heavy (non-hydrogen) atoms. The van der Waals surface area contributed by atoms with E-state index in [0.29, 0.717) is 0 Å². The Balaban J connectivity index is 1.73. The smallest absolute Gasteiger partial charge is 0.0731 e. The SMILES string of the molecule is Clc1ccccc1-c1cccc2c1C1(c3ccccc3-2)c2ccccc2-c2c(Br)cccc21. The van der Waals surface area contributed by atoms with Gasteiger partial charge in [-0.25, -0.2) is 0 Å². The molecular formula is C31H18BrCl. The minimum Gasteiger partial charge on any atom is -0.0837 e. The molecule has 0 bridgehead atoms. The second-order valence-electron chi connectivity index (χ2n) is 8.71. The van der Waals surface area contributed by atoms with Gasteiger partial charge < -0.3 is 0 Å². The van der Waals surface area contributed by atoms with E-state index in [1.54, 1.807) is 0 Å². The maximum atomic E-state index is 6.79. The van der Waals surface area contributed by atoms with E-state index in [9.17, 15) is 0 Å². The van der Waals surface area contributed by atoms with Crippen molar-refractivity contribution >= 4 is 27.5 Å². The summed E-state index contributed by atoms with van der Waals surface area (Å²) in [7, 11) is 0. The van der Waals surface area contributed by atoms with Gasteiger partial charge in [-0.15, -0.1) is 0 Å². The third kappa shape index (κ3) is 2.37. The summed E-state index contributed by atoms with van der Waals surface area (Å²) in [6, 6.07) is 39.2. The van der Waals surface area contributed by atoms with Gasteiger partial charge in [-0.3, -0.25) is 0 Å². The van der Waals surface area contributed by atoms with Crippen LogP contribution in [0.3, 0.4) is 0 Å². The molecule has 0 N–H and O–H groups in total. The largest absolute Gasteiger partial charge is 0.0837 e. The molecule has 1 spiro atoms. The zero-order valence-corrected chi connectivity index (χ0v) is 20.0. The van der Waals surface area contributed by atoms with Crippen molar-refractivity contribution in [2.45, 2.75) is 5.41 Å². The molecular weight excluding hydrogens is 488 g/mol.